The van der Waals surface area contributed by atoms with Crippen LogP contribution in [0.15, 0.2) is 45.3 Å². The first-order valence-electron chi connectivity index (χ1n) is 7.89. The molecule has 2 aromatic rings. The van der Waals surface area contributed by atoms with E-state index < -0.39 is 0 Å². The van der Waals surface area contributed by atoms with Crippen molar-refractivity contribution in [3.63, 3.8) is 0 Å². The van der Waals surface area contributed by atoms with Gasteiger partial charge in [-0.1, -0.05) is 67.4 Å². The standard InChI is InChI=1S/C15H13Br2ClO.2C2H6/c1-10-2-3-11(14(18)8-10)6-7-19-15-5-4-12(16)9-13(15)17;2*1-2/h2-5,8-9H,6-7H2,1H3;2*1-2H3. The van der Waals surface area contributed by atoms with E-state index in [0.29, 0.717) is 6.61 Å². The number of halogens is 3. The van der Waals surface area contributed by atoms with Crippen molar-refractivity contribution in [1.82, 2.24) is 0 Å². The highest BCUT2D eigenvalue weighted by Gasteiger charge is 2.04. The summed E-state index contributed by atoms with van der Waals surface area (Å²) in [7, 11) is 0. The summed E-state index contributed by atoms with van der Waals surface area (Å²) < 4.78 is 7.72. The van der Waals surface area contributed by atoms with Gasteiger partial charge in [0.05, 0.1) is 11.1 Å². The average molecular weight is 465 g/mol. The Hall–Kier alpha value is -0.510. The van der Waals surface area contributed by atoms with Crippen molar-refractivity contribution in [2.75, 3.05) is 6.61 Å². The summed E-state index contributed by atoms with van der Waals surface area (Å²) in [6.07, 6.45) is 0.793. The maximum Gasteiger partial charge on any atom is 0.133 e. The summed E-state index contributed by atoms with van der Waals surface area (Å²) in [5, 5.41) is 0.804. The second kappa shape index (κ2) is 12.9. The third kappa shape index (κ3) is 8.23. The first kappa shape index (κ1) is 22.5. The van der Waals surface area contributed by atoms with E-state index in [-0.39, 0.29) is 0 Å². The Morgan fingerprint density at radius 3 is 2.17 bits per heavy atom. The molecule has 0 saturated carbocycles. The monoisotopic (exact) mass is 462 g/mol. The number of hydrogen-bond donors (Lipinski definition) is 0. The van der Waals surface area contributed by atoms with E-state index in [1.54, 1.807) is 0 Å². The zero-order chi connectivity index (χ0) is 17.8. The molecular weight excluding hydrogens is 439 g/mol. The SMILES string of the molecule is CC.CC.Cc1ccc(CCOc2ccc(Br)cc2Br)c(Cl)c1. The molecule has 0 radical (unpaired) electrons. The molecule has 4 heteroatoms. The fourth-order valence-electron chi connectivity index (χ4n) is 1.72. The molecule has 2 aromatic carbocycles. The molecule has 128 valence electrons. The molecule has 0 unspecified atom stereocenters. The molecule has 0 aliphatic carbocycles. The van der Waals surface area contributed by atoms with E-state index in [1.807, 2.05) is 58.9 Å². The van der Waals surface area contributed by atoms with Crippen LogP contribution in [0.5, 0.6) is 5.75 Å². The Kier molecular flexibility index (Phi) is 12.6. The summed E-state index contributed by atoms with van der Waals surface area (Å²) in [6, 6.07) is 12.0. The van der Waals surface area contributed by atoms with Gasteiger partial charge in [-0.3, -0.25) is 0 Å². The van der Waals surface area contributed by atoms with Gasteiger partial charge in [0.15, 0.2) is 0 Å². The lowest BCUT2D eigenvalue weighted by Crippen LogP contribution is -2.02. The van der Waals surface area contributed by atoms with Crippen LogP contribution in [-0.2, 0) is 6.42 Å². The highest BCUT2D eigenvalue weighted by Crippen LogP contribution is 2.28. The number of benzene rings is 2. The normalized spacial score (nSPS) is 9.22. The summed E-state index contributed by atoms with van der Waals surface area (Å²) in [4.78, 5) is 0. The molecule has 0 aromatic heterocycles. The predicted octanol–water partition coefficient (Wildman–Crippen LogP) is 7.85. The molecule has 0 heterocycles. The molecule has 0 N–H and O–H groups in total. The van der Waals surface area contributed by atoms with Crippen LogP contribution in [0, 0.1) is 6.92 Å². The third-order valence-electron chi connectivity index (χ3n) is 2.73. The lowest BCUT2D eigenvalue weighted by atomic mass is 10.1. The van der Waals surface area contributed by atoms with Gasteiger partial charge in [-0.05, 0) is 58.2 Å². The van der Waals surface area contributed by atoms with Crippen LogP contribution in [-0.4, -0.2) is 6.61 Å². The minimum absolute atomic E-state index is 0.600. The fourth-order valence-corrected chi connectivity index (χ4v) is 3.21. The zero-order valence-corrected chi connectivity index (χ0v) is 18.3. The van der Waals surface area contributed by atoms with Gasteiger partial charge in [0.25, 0.3) is 0 Å². The molecule has 0 atom stereocenters. The first-order chi connectivity index (χ1) is 11.1. The maximum absolute atomic E-state index is 6.19. The van der Waals surface area contributed by atoms with Gasteiger partial charge in [-0.25, -0.2) is 0 Å². The zero-order valence-electron chi connectivity index (χ0n) is 14.4. The van der Waals surface area contributed by atoms with Crippen LogP contribution < -0.4 is 4.74 Å². The van der Waals surface area contributed by atoms with Gasteiger partial charge in [0, 0.05) is 15.9 Å². The fraction of sp³-hybridized carbons (Fsp3) is 0.368. The van der Waals surface area contributed by atoms with Crippen molar-refractivity contribution >= 4 is 43.5 Å². The average Bonchev–Trinajstić information content (AvgIpc) is 2.55. The molecule has 23 heavy (non-hydrogen) atoms. The Balaban J connectivity index is 0.00000112. The smallest absolute Gasteiger partial charge is 0.133 e. The van der Waals surface area contributed by atoms with E-state index in [4.69, 9.17) is 16.3 Å². The van der Waals surface area contributed by atoms with E-state index in [1.165, 1.54) is 5.56 Å². The van der Waals surface area contributed by atoms with Crippen LogP contribution in [0.25, 0.3) is 0 Å². The summed E-state index contributed by atoms with van der Waals surface area (Å²) in [5.41, 5.74) is 2.28. The molecule has 0 amide bonds. The number of aryl methyl sites for hydroxylation is 1. The van der Waals surface area contributed by atoms with E-state index in [0.717, 1.165) is 31.7 Å². The molecular formula is C19H25Br2ClO. The lowest BCUT2D eigenvalue weighted by molar-refractivity contribution is 0.320. The van der Waals surface area contributed by atoms with Gasteiger partial charge >= 0.3 is 0 Å². The number of hydrogen-bond acceptors (Lipinski definition) is 1. The Morgan fingerprint density at radius 1 is 0.957 bits per heavy atom. The van der Waals surface area contributed by atoms with Crippen molar-refractivity contribution < 1.29 is 4.74 Å². The first-order valence-corrected chi connectivity index (χ1v) is 9.85. The molecule has 1 nitrogen and oxygen atoms in total. The molecule has 0 bridgehead atoms. The van der Waals surface area contributed by atoms with Crippen LogP contribution in [0.1, 0.15) is 38.8 Å². The molecule has 0 fully saturated rings. The highest BCUT2D eigenvalue weighted by molar-refractivity contribution is 9.11. The van der Waals surface area contributed by atoms with Gasteiger partial charge in [0.1, 0.15) is 5.75 Å². The predicted molar refractivity (Wildman–Crippen MR) is 110 cm³/mol. The Morgan fingerprint density at radius 2 is 1.61 bits per heavy atom. The minimum atomic E-state index is 0.600. The third-order valence-corrected chi connectivity index (χ3v) is 4.20. The van der Waals surface area contributed by atoms with Crippen molar-refractivity contribution in [3.05, 3.63) is 61.5 Å². The highest BCUT2D eigenvalue weighted by atomic mass is 79.9. The number of rotatable bonds is 4. The van der Waals surface area contributed by atoms with Crippen LogP contribution in [0.4, 0.5) is 0 Å². The molecule has 0 saturated heterocycles. The van der Waals surface area contributed by atoms with Gasteiger partial charge < -0.3 is 4.74 Å². The second-order valence-electron chi connectivity index (χ2n) is 4.27. The number of ether oxygens (including phenoxy) is 1. The quantitative estimate of drug-likeness (QED) is 0.448. The van der Waals surface area contributed by atoms with Crippen molar-refractivity contribution in [1.29, 1.82) is 0 Å². The van der Waals surface area contributed by atoms with Crippen molar-refractivity contribution in [2.45, 2.75) is 41.0 Å². The van der Waals surface area contributed by atoms with Crippen LogP contribution in [0.3, 0.4) is 0 Å². The van der Waals surface area contributed by atoms with Gasteiger partial charge in [-0.15, -0.1) is 0 Å². The van der Waals surface area contributed by atoms with Crippen molar-refractivity contribution in [3.8, 4) is 5.75 Å². The topological polar surface area (TPSA) is 9.23 Å². The summed E-state index contributed by atoms with van der Waals surface area (Å²) in [6.45, 7) is 10.6. The lowest BCUT2D eigenvalue weighted by Gasteiger charge is -2.09. The largest absolute Gasteiger partial charge is 0.492 e. The Labute approximate surface area is 162 Å². The minimum Gasteiger partial charge on any atom is -0.492 e. The molecule has 0 aliphatic rings. The Bertz CT molecular complexity index is 534. The van der Waals surface area contributed by atoms with Crippen LogP contribution in [0.2, 0.25) is 5.02 Å². The van der Waals surface area contributed by atoms with E-state index in [2.05, 4.69) is 44.0 Å². The van der Waals surface area contributed by atoms with Crippen LogP contribution >= 0.6 is 43.5 Å². The summed E-state index contributed by atoms with van der Waals surface area (Å²) >= 11 is 13.1. The van der Waals surface area contributed by atoms with Gasteiger partial charge in [0.2, 0.25) is 0 Å². The second-order valence-corrected chi connectivity index (χ2v) is 6.45. The molecule has 0 spiro atoms. The van der Waals surface area contributed by atoms with Crippen molar-refractivity contribution in [2.24, 2.45) is 0 Å². The summed E-state index contributed by atoms with van der Waals surface area (Å²) in [5.74, 6) is 0.839. The van der Waals surface area contributed by atoms with Gasteiger partial charge in [-0.2, -0.15) is 0 Å². The van der Waals surface area contributed by atoms with E-state index in [9.17, 15) is 0 Å². The maximum atomic E-state index is 6.19. The van der Waals surface area contributed by atoms with E-state index >= 15 is 0 Å². The molecule has 2 rings (SSSR count). The molecule has 0 aliphatic heterocycles.